The van der Waals surface area contributed by atoms with Gasteiger partial charge in [-0.05, 0) is 23.8 Å². The highest BCUT2D eigenvalue weighted by atomic mass is 19.1. The Bertz CT molecular complexity index is 417. The minimum absolute atomic E-state index is 0.0407. The fraction of sp³-hybridized carbons (Fsp3) is 0.417. The molecular weight excluding hydrogens is 207 g/mol. The van der Waals surface area contributed by atoms with E-state index in [9.17, 15) is 9.18 Å². The number of carbonyl (C=O) groups is 1. The lowest BCUT2D eigenvalue weighted by atomic mass is 9.96. The van der Waals surface area contributed by atoms with Crippen LogP contribution in [0.3, 0.4) is 0 Å². The van der Waals surface area contributed by atoms with E-state index in [0.717, 1.165) is 11.3 Å². The van der Waals surface area contributed by atoms with Crippen molar-refractivity contribution in [2.45, 2.75) is 12.3 Å². The Morgan fingerprint density at radius 3 is 2.75 bits per heavy atom. The van der Waals surface area contributed by atoms with E-state index in [-0.39, 0.29) is 17.6 Å². The highest BCUT2D eigenvalue weighted by molar-refractivity contribution is 5.80. The van der Waals surface area contributed by atoms with Crippen molar-refractivity contribution >= 4 is 11.6 Å². The number of nitrogens with zero attached hydrogens (tertiary/aromatic N) is 1. The molecule has 16 heavy (non-hydrogen) atoms. The first-order chi connectivity index (χ1) is 7.58. The Morgan fingerprint density at radius 1 is 1.44 bits per heavy atom. The minimum atomic E-state index is -0.250. The van der Waals surface area contributed by atoms with Gasteiger partial charge in [0.1, 0.15) is 5.82 Å². The number of amides is 1. The molecule has 1 aromatic carbocycles. The Hall–Kier alpha value is -1.58. The van der Waals surface area contributed by atoms with Gasteiger partial charge < -0.3 is 10.2 Å². The van der Waals surface area contributed by atoms with E-state index in [1.165, 1.54) is 12.1 Å². The molecule has 0 spiro atoms. The predicted octanol–water partition coefficient (Wildman–Crippen LogP) is 1.50. The Kier molecular flexibility index (Phi) is 2.81. The van der Waals surface area contributed by atoms with Crippen molar-refractivity contribution in [2.24, 2.45) is 0 Å². The molecule has 0 aromatic heterocycles. The average Bonchev–Trinajstić information content (AvgIpc) is 2.64. The van der Waals surface area contributed by atoms with E-state index in [0.29, 0.717) is 13.0 Å². The molecule has 1 amide bonds. The van der Waals surface area contributed by atoms with Gasteiger partial charge in [0.05, 0.1) is 0 Å². The third kappa shape index (κ3) is 2.01. The standard InChI is InChI=1S/C12H15FN2O/c1-15(2)11-4-3-9(13)6-10(11)8-5-12(16)14-7-8/h3-4,6,8H,5,7H2,1-2H3,(H,14,16). The zero-order chi connectivity index (χ0) is 11.7. The molecule has 3 nitrogen and oxygen atoms in total. The van der Waals surface area contributed by atoms with Crippen LogP contribution in [0.4, 0.5) is 10.1 Å². The maximum absolute atomic E-state index is 13.2. The molecule has 0 saturated carbocycles. The highest BCUT2D eigenvalue weighted by Gasteiger charge is 2.25. The third-order valence-corrected chi connectivity index (χ3v) is 2.89. The second-order valence-electron chi connectivity index (χ2n) is 4.30. The summed E-state index contributed by atoms with van der Waals surface area (Å²) in [5.41, 5.74) is 1.88. The van der Waals surface area contributed by atoms with Crippen LogP contribution >= 0.6 is 0 Å². The smallest absolute Gasteiger partial charge is 0.220 e. The topological polar surface area (TPSA) is 32.3 Å². The quantitative estimate of drug-likeness (QED) is 0.822. The van der Waals surface area contributed by atoms with Gasteiger partial charge in [-0.2, -0.15) is 0 Å². The number of halogens is 1. The van der Waals surface area contributed by atoms with Gasteiger partial charge in [-0.3, -0.25) is 4.79 Å². The van der Waals surface area contributed by atoms with Gasteiger partial charge in [0.25, 0.3) is 0 Å². The van der Waals surface area contributed by atoms with Crippen molar-refractivity contribution in [1.82, 2.24) is 5.32 Å². The zero-order valence-electron chi connectivity index (χ0n) is 9.46. The SMILES string of the molecule is CN(C)c1ccc(F)cc1C1CNC(=O)C1. The molecular formula is C12H15FN2O. The second-order valence-corrected chi connectivity index (χ2v) is 4.30. The molecule has 86 valence electrons. The molecule has 1 atom stereocenters. The van der Waals surface area contributed by atoms with E-state index < -0.39 is 0 Å². The molecule has 1 heterocycles. The van der Waals surface area contributed by atoms with Crippen LogP contribution in [0.15, 0.2) is 18.2 Å². The van der Waals surface area contributed by atoms with Gasteiger partial charge >= 0.3 is 0 Å². The first kappa shape index (κ1) is 10.9. The number of rotatable bonds is 2. The van der Waals surface area contributed by atoms with Gasteiger partial charge in [-0.25, -0.2) is 4.39 Å². The molecule has 2 rings (SSSR count). The fourth-order valence-corrected chi connectivity index (χ4v) is 2.08. The Balaban J connectivity index is 2.37. The van der Waals surface area contributed by atoms with Crippen LogP contribution in [0.2, 0.25) is 0 Å². The minimum Gasteiger partial charge on any atom is -0.377 e. The van der Waals surface area contributed by atoms with Crippen molar-refractivity contribution in [3.05, 3.63) is 29.6 Å². The van der Waals surface area contributed by atoms with Crippen LogP contribution in [0.1, 0.15) is 17.9 Å². The maximum atomic E-state index is 13.2. The molecule has 4 heteroatoms. The van der Waals surface area contributed by atoms with E-state index in [4.69, 9.17) is 0 Å². The lowest BCUT2D eigenvalue weighted by Gasteiger charge is -2.20. The Morgan fingerprint density at radius 2 is 2.19 bits per heavy atom. The zero-order valence-corrected chi connectivity index (χ0v) is 9.46. The van der Waals surface area contributed by atoms with Crippen LogP contribution in [0.5, 0.6) is 0 Å². The third-order valence-electron chi connectivity index (χ3n) is 2.89. The van der Waals surface area contributed by atoms with Crippen LogP contribution < -0.4 is 10.2 Å². The van der Waals surface area contributed by atoms with Crippen molar-refractivity contribution < 1.29 is 9.18 Å². The molecule has 1 aromatic rings. The number of hydrogen-bond acceptors (Lipinski definition) is 2. The van der Waals surface area contributed by atoms with Crippen LogP contribution in [0, 0.1) is 5.82 Å². The van der Waals surface area contributed by atoms with Crippen LogP contribution in [-0.4, -0.2) is 26.5 Å². The maximum Gasteiger partial charge on any atom is 0.220 e. The number of hydrogen-bond donors (Lipinski definition) is 1. The summed E-state index contributed by atoms with van der Waals surface area (Å²) in [6.07, 6.45) is 0.449. The molecule has 0 radical (unpaired) electrons. The van der Waals surface area contributed by atoms with E-state index in [2.05, 4.69) is 5.32 Å². The van der Waals surface area contributed by atoms with E-state index >= 15 is 0 Å². The van der Waals surface area contributed by atoms with E-state index in [1.54, 1.807) is 6.07 Å². The Labute approximate surface area is 94.3 Å². The van der Waals surface area contributed by atoms with Crippen molar-refractivity contribution in [3.8, 4) is 0 Å². The van der Waals surface area contributed by atoms with Crippen molar-refractivity contribution in [2.75, 3.05) is 25.5 Å². The van der Waals surface area contributed by atoms with Gasteiger partial charge in [-0.1, -0.05) is 0 Å². The molecule has 1 fully saturated rings. The molecule has 1 unspecified atom stereocenters. The number of anilines is 1. The first-order valence-electron chi connectivity index (χ1n) is 5.31. The molecule has 1 aliphatic rings. The monoisotopic (exact) mass is 222 g/mol. The molecule has 1 N–H and O–H groups in total. The van der Waals surface area contributed by atoms with Crippen molar-refractivity contribution in [1.29, 1.82) is 0 Å². The summed E-state index contributed by atoms with van der Waals surface area (Å²) >= 11 is 0. The summed E-state index contributed by atoms with van der Waals surface area (Å²) in [4.78, 5) is 13.1. The largest absolute Gasteiger partial charge is 0.377 e. The predicted molar refractivity (Wildman–Crippen MR) is 61.1 cm³/mol. The summed E-state index contributed by atoms with van der Waals surface area (Å²) < 4.78 is 13.2. The number of nitrogens with one attached hydrogen (secondary N) is 1. The molecule has 0 aliphatic carbocycles. The molecule has 0 bridgehead atoms. The summed E-state index contributed by atoms with van der Waals surface area (Å²) in [7, 11) is 3.84. The van der Waals surface area contributed by atoms with E-state index in [1.807, 2.05) is 19.0 Å². The average molecular weight is 222 g/mol. The molecule has 1 saturated heterocycles. The van der Waals surface area contributed by atoms with Gasteiger partial charge in [0, 0.05) is 38.7 Å². The van der Waals surface area contributed by atoms with Crippen LogP contribution in [-0.2, 0) is 4.79 Å². The van der Waals surface area contributed by atoms with Crippen LogP contribution in [0.25, 0.3) is 0 Å². The van der Waals surface area contributed by atoms with Gasteiger partial charge in [-0.15, -0.1) is 0 Å². The lowest BCUT2D eigenvalue weighted by Crippen LogP contribution is -2.16. The van der Waals surface area contributed by atoms with Crippen molar-refractivity contribution in [3.63, 3.8) is 0 Å². The second kappa shape index (κ2) is 4.12. The summed E-state index contributed by atoms with van der Waals surface area (Å²) in [6, 6.07) is 4.73. The van der Waals surface area contributed by atoms with Gasteiger partial charge in [0.2, 0.25) is 5.91 Å². The number of benzene rings is 1. The summed E-state index contributed by atoms with van der Waals surface area (Å²) in [5.74, 6) is -0.125. The highest BCUT2D eigenvalue weighted by Crippen LogP contribution is 2.31. The first-order valence-corrected chi connectivity index (χ1v) is 5.31. The summed E-state index contributed by atoms with van der Waals surface area (Å²) in [5, 5.41) is 2.77. The normalized spacial score (nSPS) is 19.7. The lowest BCUT2D eigenvalue weighted by molar-refractivity contribution is -0.119. The summed E-state index contributed by atoms with van der Waals surface area (Å²) in [6.45, 7) is 0.600. The molecule has 1 aliphatic heterocycles. The van der Waals surface area contributed by atoms with Gasteiger partial charge in [0.15, 0.2) is 0 Å². The number of carbonyl (C=O) groups excluding carboxylic acids is 1. The fourth-order valence-electron chi connectivity index (χ4n) is 2.08.